The number of nitro groups is 1. The van der Waals surface area contributed by atoms with Crippen molar-refractivity contribution in [2.75, 3.05) is 5.32 Å². The number of amides is 1. The molecule has 1 amide bonds. The van der Waals surface area contributed by atoms with Gasteiger partial charge in [0.1, 0.15) is 5.02 Å². The summed E-state index contributed by atoms with van der Waals surface area (Å²) in [5.41, 5.74) is 1.74. The summed E-state index contributed by atoms with van der Waals surface area (Å²) in [6.45, 7) is 0. The van der Waals surface area contributed by atoms with Crippen LogP contribution in [0.4, 0.5) is 11.4 Å². The van der Waals surface area contributed by atoms with Crippen molar-refractivity contribution < 1.29 is 9.72 Å². The van der Waals surface area contributed by atoms with Crippen LogP contribution >= 0.6 is 11.6 Å². The molecule has 0 aromatic heterocycles. The Morgan fingerprint density at radius 3 is 1.96 bits per heavy atom. The lowest BCUT2D eigenvalue weighted by atomic mass is 9.90. The molecule has 3 aromatic rings. The van der Waals surface area contributed by atoms with Gasteiger partial charge in [0.05, 0.1) is 10.8 Å². The highest BCUT2D eigenvalue weighted by molar-refractivity contribution is 6.32. The molecule has 0 radical (unpaired) electrons. The average Bonchev–Trinajstić information content (AvgIpc) is 2.65. The first kappa shape index (κ1) is 17.6. The van der Waals surface area contributed by atoms with Gasteiger partial charge in [-0.15, -0.1) is 0 Å². The molecule has 0 atom stereocenters. The van der Waals surface area contributed by atoms with Gasteiger partial charge in [0, 0.05) is 11.8 Å². The maximum Gasteiger partial charge on any atom is 0.289 e. The van der Waals surface area contributed by atoms with Gasteiger partial charge >= 0.3 is 0 Å². The summed E-state index contributed by atoms with van der Waals surface area (Å²) in [6.07, 6.45) is 0. The van der Waals surface area contributed by atoms with Crippen LogP contribution in [0, 0.1) is 10.1 Å². The Morgan fingerprint density at radius 2 is 1.46 bits per heavy atom. The number of halogens is 1. The van der Waals surface area contributed by atoms with Crippen LogP contribution in [0.5, 0.6) is 0 Å². The molecule has 0 spiro atoms. The Labute approximate surface area is 155 Å². The maximum atomic E-state index is 13.0. The third-order valence-electron chi connectivity index (χ3n) is 3.94. The number of hydrogen-bond acceptors (Lipinski definition) is 3. The van der Waals surface area contributed by atoms with Crippen LogP contribution in [0.25, 0.3) is 0 Å². The minimum absolute atomic E-state index is 0.0238. The zero-order valence-corrected chi connectivity index (χ0v) is 14.4. The molecule has 6 heteroatoms. The van der Waals surface area contributed by atoms with Crippen LogP contribution in [0.2, 0.25) is 5.02 Å². The van der Waals surface area contributed by atoms with Crippen LogP contribution < -0.4 is 5.32 Å². The van der Waals surface area contributed by atoms with Crippen molar-refractivity contribution in [1.29, 1.82) is 0 Å². The molecule has 0 aliphatic carbocycles. The van der Waals surface area contributed by atoms with Gasteiger partial charge in [0.2, 0.25) is 5.91 Å². The zero-order valence-electron chi connectivity index (χ0n) is 13.6. The monoisotopic (exact) mass is 366 g/mol. The van der Waals surface area contributed by atoms with E-state index < -0.39 is 10.8 Å². The van der Waals surface area contributed by atoms with Crippen LogP contribution in [0.3, 0.4) is 0 Å². The van der Waals surface area contributed by atoms with Crippen molar-refractivity contribution in [3.05, 3.63) is 105 Å². The number of nitrogens with one attached hydrogen (secondary N) is 1. The summed E-state index contributed by atoms with van der Waals surface area (Å²) < 4.78 is 0. The van der Waals surface area contributed by atoms with Gasteiger partial charge in [-0.2, -0.15) is 0 Å². The molecule has 0 aliphatic heterocycles. The van der Waals surface area contributed by atoms with E-state index in [1.165, 1.54) is 12.1 Å². The molecule has 0 unspecified atom stereocenters. The largest absolute Gasteiger partial charge is 0.325 e. The molecule has 0 fully saturated rings. The number of hydrogen-bond donors (Lipinski definition) is 1. The van der Waals surface area contributed by atoms with Gasteiger partial charge in [0.15, 0.2) is 0 Å². The van der Waals surface area contributed by atoms with Crippen molar-refractivity contribution in [2.24, 2.45) is 0 Å². The summed E-state index contributed by atoms with van der Waals surface area (Å²) in [5.74, 6) is -0.814. The summed E-state index contributed by atoms with van der Waals surface area (Å²) in [4.78, 5) is 23.4. The third kappa shape index (κ3) is 3.90. The van der Waals surface area contributed by atoms with Crippen LogP contribution in [-0.4, -0.2) is 10.8 Å². The van der Waals surface area contributed by atoms with Gasteiger partial charge in [-0.05, 0) is 23.3 Å². The number of carbonyl (C=O) groups is 1. The van der Waals surface area contributed by atoms with Gasteiger partial charge < -0.3 is 5.32 Å². The molecule has 3 rings (SSSR count). The first-order valence-corrected chi connectivity index (χ1v) is 8.29. The average molecular weight is 367 g/mol. The van der Waals surface area contributed by atoms with Crippen molar-refractivity contribution in [2.45, 2.75) is 5.92 Å². The lowest BCUT2D eigenvalue weighted by Gasteiger charge is -2.18. The lowest BCUT2D eigenvalue weighted by molar-refractivity contribution is -0.384. The smallest absolute Gasteiger partial charge is 0.289 e. The van der Waals surface area contributed by atoms with Crippen LogP contribution in [-0.2, 0) is 4.79 Å². The van der Waals surface area contributed by atoms with Crippen molar-refractivity contribution in [3.63, 3.8) is 0 Å². The second-order valence-corrected chi connectivity index (χ2v) is 6.07. The fourth-order valence-corrected chi connectivity index (χ4v) is 2.92. The Balaban J connectivity index is 1.94. The fraction of sp³-hybridized carbons (Fsp3) is 0.0500. The molecule has 26 heavy (non-hydrogen) atoms. The Morgan fingerprint density at radius 1 is 0.923 bits per heavy atom. The van der Waals surface area contributed by atoms with E-state index in [1.54, 1.807) is 6.07 Å². The number of nitrogens with zero attached hydrogens (tertiary/aromatic N) is 1. The van der Waals surface area contributed by atoms with Crippen molar-refractivity contribution in [1.82, 2.24) is 0 Å². The highest BCUT2D eigenvalue weighted by Gasteiger charge is 2.23. The zero-order chi connectivity index (χ0) is 18.5. The molecule has 0 heterocycles. The van der Waals surface area contributed by atoms with E-state index in [1.807, 2.05) is 60.7 Å². The van der Waals surface area contributed by atoms with E-state index in [9.17, 15) is 14.9 Å². The van der Waals surface area contributed by atoms with E-state index in [0.29, 0.717) is 5.69 Å². The van der Waals surface area contributed by atoms with Gasteiger partial charge in [0.25, 0.3) is 5.69 Å². The number of benzene rings is 3. The molecule has 0 saturated carbocycles. The van der Waals surface area contributed by atoms with Gasteiger partial charge in [-0.3, -0.25) is 14.9 Å². The molecule has 130 valence electrons. The summed E-state index contributed by atoms with van der Waals surface area (Å²) in [7, 11) is 0. The standard InChI is InChI=1S/C20H15ClN2O3/c21-17-12-11-16(13-18(17)23(25)26)22-20(24)19(14-7-3-1-4-8-14)15-9-5-2-6-10-15/h1-13,19H,(H,22,24). The second-order valence-electron chi connectivity index (χ2n) is 5.67. The maximum absolute atomic E-state index is 13.0. The lowest BCUT2D eigenvalue weighted by Crippen LogP contribution is -2.22. The first-order chi connectivity index (χ1) is 12.6. The minimum atomic E-state index is -0.580. The predicted molar refractivity (Wildman–Crippen MR) is 101 cm³/mol. The molecule has 0 aliphatic rings. The summed E-state index contributed by atoms with van der Waals surface area (Å²) in [5, 5.41) is 13.8. The second kappa shape index (κ2) is 7.80. The van der Waals surface area contributed by atoms with E-state index in [2.05, 4.69) is 5.32 Å². The minimum Gasteiger partial charge on any atom is -0.325 e. The van der Waals surface area contributed by atoms with E-state index >= 15 is 0 Å². The molecule has 0 bridgehead atoms. The summed E-state index contributed by atoms with van der Waals surface area (Å²) in [6, 6.07) is 22.9. The number of carbonyl (C=O) groups excluding carboxylic acids is 1. The Bertz CT molecular complexity index is 891. The fourth-order valence-electron chi connectivity index (χ4n) is 2.73. The molecule has 0 saturated heterocycles. The third-order valence-corrected chi connectivity index (χ3v) is 4.26. The van der Waals surface area contributed by atoms with Gasteiger partial charge in [-0.1, -0.05) is 72.3 Å². The topological polar surface area (TPSA) is 72.2 Å². The SMILES string of the molecule is O=C(Nc1ccc(Cl)c([N+](=O)[O-])c1)C(c1ccccc1)c1ccccc1. The normalized spacial score (nSPS) is 10.5. The number of anilines is 1. The molecule has 5 nitrogen and oxygen atoms in total. The highest BCUT2D eigenvalue weighted by atomic mass is 35.5. The predicted octanol–water partition coefficient (Wildman–Crippen LogP) is 5.02. The van der Waals surface area contributed by atoms with E-state index in [-0.39, 0.29) is 16.6 Å². The number of nitro benzene ring substituents is 1. The summed E-state index contributed by atoms with van der Waals surface area (Å²) >= 11 is 5.83. The van der Waals surface area contributed by atoms with Crippen molar-refractivity contribution in [3.8, 4) is 0 Å². The Kier molecular flexibility index (Phi) is 5.29. The molecular weight excluding hydrogens is 352 g/mol. The van der Waals surface area contributed by atoms with Crippen LogP contribution in [0.1, 0.15) is 17.0 Å². The molecule has 1 N–H and O–H groups in total. The molecule has 3 aromatic carbocycles. The quantitative estimate of drug-likeness (QED) is 0.509. The van der Waals surface area contributed by atoms with E-state index in [4.69, 9.17) is 11.6 Å². The van der Waals surface area contributed by atoms with Crippen molar-refractivity contribution >= 4 is 28.9 Å². The van der Waals surface area contributed by atoms with Gasteiger partial charge in [-0.25, -0.2) is 0 Å². The van der Waals surface area contributed by atoms with E-state index in [0.717, 1.165) is 11.1 Å². The first-order valence-electron chi connectivity index (χ1n) is 7.91. The Hall–Kier alpha value is -3.18. The van der Waals surface area contributed by atoms with Crippen LogP contribution in [0.15, 0.2) is 78.9 Å². The number of rotatable bonds is 5. The molecular formula is C20H15ClN2O3. The highest BCUT2D eigenvalue weighted by Crippen LogP contribution is 2.30.